The SMILES string of the molecule is CCNC(=NCC(c1ccccc1)N1CCCC1)NCCC(=O)NC1CCCC1. The fraction of sp³-hybridized carbons (Fsp3) is 0.652. The maximum Gasteiger partial charge on any atom is 0.221 e. The molecule has 6 heteroatoms. The third kappa shape index (κ3) is 7.03. The number of hydrogen-bond acceptors (Lipinski definition) is 3. The first kappa shape index (κ1) is 21.6. The minimum atomic E-state index is 0.138. The minimum Gasteiger partial charge on any atom is -0.357 e. The highest BCUT2D eigenvalue weighted by molar-refractivity contribution is 5.81. The largest absolute Gasteiger partial charge is 0.357 e. The van der Waals surface area contributed by atoms with Gasteiger partial charge in [0, 0.05) is 25.6 Å². The molecule has 3 N–H and O–H groups in total. The maximum atomic E-state index is 12.1. The zero-order valence-electron chi connectivity index (χ0n) is 17.8. The van der Waals surface area contributed by atoms with Gasteiger partial charge in [-0.15, -0.1) is 0 Å². The van der Waals surface area contributed by atoms with Gasteiger partial charge < -0.3 is 16.0 Å². The van der Waals surface area contributed by atoms with E-state index in [9.17, 15) is 4.79 Å². The second kappa shape index (κ2) is 11.8. The molecule has 2 aliphatic rings. The number of guanidine groups is 1. The van der Waals surface area contributed by atoms with Gasteiger partial charge >= 0.3 is 0 Å². The van der Waals surface area contributed by atoms with Crippen LogP contribution in [0.1, 0.15) is 63.5 Å². The van der Waals surface area contributed by atoms with E-state index in [1.165, 1.54) is 31.2 Å². The molecule has 1 aliphatic heterocycles. The number of aliphatic imine (C=N–C) groups is 1. The summed E-state index contributed by atoms with van der Waals surface area (Å²) in [6, 6.07) is 11.4. The Morgan fingerprint density at radius 3 is 2.52 bits per heavy atom. The Bertz CT molecular complexity index is 636. The Balaban J connectivity index is 1.52. The Morgan fingerprint density at radius 1 is 1.10 bits per heavy atom. The second-order valence-electron chi connectivity index (χ2n) is 8.11. The van der Waals surface area contributed by atoms with Crippen LogP contribution in [-0.4, -0.2) is 55.5 Å². The highest BCUT2D eigenvalue weighted by atomic mass is 16.1. The van der Waals surface area contributed by atoms with E-state index in [0.717, 1.165) is 38.4 Å². The molecule has 0 aromatic heterocycles. The first-order chi connectivity index (χ1) is 14.3. The highest BCUT2D eigenvalue weighted by Crippen LogP contribution is 2.25. The summed E-state index contributed by atoms with van der Waals surface area (Å²) in [5.41, 5.74) is 1.32. The van der Waals surface area contributed by atoms with E-state index >= 15 is 0 Å². The average Bonchev–Trinajstić information content (AvgIpc) is 3.43. The molecule has 1 aromatic carbocycles. The van der Waals surface area contributed by atoms with Crippen LogP contribution in [-0.2, 0) is 4.79 Å². The van der Waals surface area contributed by atoms with Gasteiger partial charge in [-0.3, -0.25) is 14.7 Å². The van der Waals surface area contributed by atoms with E-state index in [2.05, 4.69) is 58.1 Å². The molecule has 1 amide bonds. The van der Waals surface area contributed by atoms with Crippen molar-refractivity contribution >= 4 is 11.9 Å². The Morgan fingerprint density at radius 2 is 1.83 bits per heavy atom. The monoisotopic (exact) mass is 399 g/mol. The van der Waals surface area contributed by atoms with E-state index < -0.39 is 0 Å². The summed E-state index contributed by atoms with van der Waals surface area (Å²) in [5, 5.41) is 9.80. The molecule has 3 rings (SSSR count). The van der Waals surface area contributed by atoms with Crippen molar-refractivity contribution in [1.82, 2.24) is 20.9 Å². The average molecular weight is 400 g/mol. The summed E-state index contributed by atoms with van der Waals surface area (Å²) in [6.45, 7) is 6.47. The standard InChI is InChI=1S/C23H37N5O/c1-2-24-23(25-15-14-22(29)27-20-12-6-7-13-20)26-18-21(28-16-8-9-17-28)19-10-4-3-5-11-19/h3-5,10-11,20-21H,2,6-9,12-18H2,1H3,(H,27,29)(H2,24,25,26). The number of benzene rings is 1. The van der Waals surface area contributed by atoms with Gasteiger partial charge in [-0.2, -0.15) is 0 Å². The van der Waals surface area contributed by atoms with Gasteiger partial charge in [-0.25, -0.2) is 0 Å². The van der Waals surface area contributed by atoms with Crippen LogP contribution in [0.15, 0.2) is 35.3 Å². The number of carbonyl (C=O) groups excluding carboxylic acids is 1. The fourth-order valence-corrected chi connectivity index (χ4v) is 4.34. The number of carbonyl (C=O) groups is 1. The summed E-state index contributed by atoms with van der Waals surface area (Å²) >= 11 is 0. The van der Waals surface area contributed by atoms with Gasteiger partial charge in [-0.1, -0.05) is 43.2 Å². The van der Waals surface area contributed by atoms with Crippen LogP contribution in [0.25, 0.3) is 0 Å². The van der Waals surface area contributed by atoms with Crippen molar-refractivity contribution in [3.63, 3.8) is 0 Å². The lowest BCUT2D eigenvalue weighted by Crippen LogP contribution is -2.41. The second-order valence-corrected chi connectivity index (χ2v) is 8.11. The van der Waals surface area contributed by atoms with Crippen LogP contribution < -0.4 is 16.0 Å². The van der Waals surface area contributed by atoms with E-state index in [1.807, 2.05) is 0 Å². The molecule has 1 saturated heterocycles. The predicted octanol–water partition coefficient (Wildman–Crippen LogP) is 2.83. The van der Waals surface area contributed by atoms with Crippen LogP contribution in [0.2, 0.25) is 0 Å². The Labute approximate surface area is 175 Å². The van der Waals surface area contributed by atoms with Crippen molar-refractivity contribution in [3.05, 3.63) is 35.9 Å². The molecular weight excluding hydrogens is 362 g/mol. The lowest BCUT2D eigenvalue weighted by atomic mass is 10.1. The first-order valence-corrected chi connectivity index (χ1v) is 11.4. The molecule has 1 heterocycles. The van der Waals surface area contributed by atoms with Gasteiger partial charge in [0.2, 0.25) is 5.91 Å². The fourth-order valence-electron chi connectivity index (χ4n) is 4.34. The molecule has 2 fully saturated rings. The summed E-state index contributed by atoms with van der Waals surface area (Å²) in [7, 11) is 0. The van der Waals surface area contributed by atoms with Crippen molar-refractivity contribution < 1.29 is 4.79 Å². The maximum absolute atomic E-state index is 12.1. The lowest BCUT2D eigenvalue weighted by molar-refractivity contribution is -0.121. The van der Waals surface area contributed by atoms with Crippen LogP contribution in [0.4, 0.5) is 0 Å². The molecule has 29 heavy (non-hydrogen) atoms. The van der Waals surface area contributed by atoms with Gasteiger partial charge in [-0.05, 0) is 51.3 Å². The number of rotatable bonds is 9. The molecule has 0 radical (unpaired) electrons. The molecule has 1 unspecified atom stereocenters. The third-order valence-corrected chi connectivity index (χ3v) is 5.90. The van der Waals surface area contributed by atoms with Crippen LogP contribution in [0.5, 0.6) is 0 Å². The zero-order chi connectivity index (χ0) is 20.3. The number of likely N-dealkylation sites (tertiary alicyclic amines) is 1. The molecule has 1 saturated carbocycles. The van der Waals surface area contributed by atoms with Gasteiger partial charge in [0.1, 0.15) is 0 Å². The number of nitrogens with zero attached hydrogens (tertiary/aromatic N) is 2. The molecule has 6 nitrogen and oxygen atoms in total. The van der Waals surface area contributed by atoms with Crippen molar-refractivity contribution in [2.24, 2.45) is 4.99 Å². The molecule has 160 valence electrons. The zero-order valence-corrected chi connectivity index (χ0v) is 17.8. The summed E-state index contributed by atoms with van der Waals surface area (Å²) in [5.74, 6) is 0.931. The predicted molar refractivity (Wildman–Crippen MR) is 119 cm³/mol. The topological polar surface area (TPSA) is 68.8 Å². The van der Waals surface area contributed by atoms with Crippen LogP contribution >= 0.6 is 0 Å². The summed E-state index contributed by atoms with van der Waals surface area (Å²) in [4.78, 5) is 19.5. The Kier molecular flexibility index (Phi) is 8.81. The number of nitrogens with one attached hydrogen (secondary N) is 3. The number of amides is 1. The van der Waals surface area contributed by atoms with E-state index in [-0.39, 0.29) is 5.91 Å². The van der Waals surface area contributed by atoms with E-state index in [0.29, 0.717) is 31.6 Å². The minimum absolute atomic E-state index is 0.138. The summed E-state index contributed by atoms with van der Waals surface area (Å²) in [6.07, 6.45) is 7.74. The van der Waals surface area contributed by atoms with Gasteiger partial charge in [0.15, 0.2) is 5.96 Å². The van der Waals surface area contributed by atoms with Crippen LogP contribution in [0.3, 0.4) is 0 Å². The van der Waals surface area contributed by atoms with E-state index in [1.54, 1.807) is 0 Å². The third-order valence-electron chi connectivity index (χ3n) is 5.90. The first-order valence-electron chi connectivity index (χ1n) is 11.4. The van der Waals surface area contributed by atoms with Crippen molar-refractivity contribution in [3.8, 4) is 0 Å². The van der Waals surface area contributed by atoms with Crippen molar-refractivity contribution in [1.29, 1.82) is 0 Å². The van der Waals surface area contributed by atoms with Crippen LogP contribution in [0, 0.1) is 0 Å². The quantitative estimate of drug-likeness (QED) is 0.441. The molecule has 1 atom stereocenters. The smallest absolute Gasteiger partial charge is 0.221 e. The lowest BCUT2D eigenvalue weighted by Gasteiger charge is -2.27. The van der Waals surface area contributed by atoms with Crippen molar-refractivity contribution in [2.45, 2.75) is 64.0 Å². The molecular formula is C23H37N5O. The normalized spacial score (nSPS) is 19.3. The molecule has 1 aliphatic carbocycles. The molecule has 0 bridgehead atoms. The van der Waals surface area contributed by atoms with Gasteiger partial charge in [0.25, 0.3) is 0 Å². The van der Waals surface area contributed by atoms with Crippen molar-refractivity contribution in [2.75, 3.05) is 32.7 Å². The molecule has 0 spiro atoms. The van der Waals surface area contributed by atoms with Gasteiger partial charge in [0.05, 0.1) is 12.6 Å². The highest BCUT2D eigenvalue weighted by Gasteiger charge is 2.23. The van der Waals surface area contributed by atoms with E-state index in [4.69, 9.17) is 4.99 Å². The number of hydrogen-bond donors (Lipinski definition) is 3. The summed E-state index contributed by atoms with van der Waals surface area (Å²) < 4.78 is 0. The molecule has 1 aromatic rings. The Hall–Kier alpha value is -2.08.